The minimum atomic E-state index is -0.221. The lowest BCUT2D eigenvalue weighted by Gasteiger charge is -2.47. The largest absolute Gasteiger partial charge is 0.507 e. The van der Waals surface area contributed by atoms with Crippen molar-refractivity contribution in [2.24, 2.45) is 0 Å². The van der Waals surface area contributed by atoms with Gasteiger partial charge >= 0.3 is 0 Å². The number of fused-ring (bicyclic) bond motifs is 6. The van der Waals surface area contributed by atoms with Gasteiger partial charge in [0.25, 0.3) is 0 Å². The lowest BCUT2D eigenvalue weighted by atomic mass is 9.56. The Morgan fingerprint density at radius 1 is 0.673 bits per heavy atom. The van der Waals surface area contributed by atoms with Crippen LogP contribution in [0.3, 0.4) is 0 Å². The highest BCUT2D eigenvalue weighted by molar-refractivity contribution is 6.11. The van der Waals surface area contributed by atoms with Gasteiger partial charge in [-0.2, -0.15) is 0 Å². The van der Waals surface area contributed by atoms with Crippen LogP contribution >= 0.6 is 0 Å². The highest BCUT2D eigenvalue weighted by Gasteiger charge is 2.47. The fourth-order valence-corrected chi connectivity index (χ4v) is 7.60. The smallest absolute Gasteiger partial charge is 0.146 e. The average Bonchev–Trinajstić information content (AvgIpc) is 3.70. The fourth-order valence-electron chi connectivity index (χ4n) is 7.60. The standard InChI is InChI=1S/C44H43N3O2/c1-25(2)27-21-28(26(3)4)23-29(22-27)47-24-35(46-42(47)31-14-11-18-38-39(31)30-13-9-10-17-37(30)49-38)34-20-19-33-41(45-34)40-32(15-12-16-36(40)48)43(5,6)44(33,7)8/h9-26,48H,1-8H3. The van der Waals surface area contributed by atoms with E-state index in [2.05, 4.69) is 121 Å². The predicted molar refractivity (Wildman–Crippen MR) is 201 cm³/mol. The van der Waals surface area contributed by atoms with Crippen molar-refractivity contribution in [3.63, 3.8) is 0 Å². The molecule has 1 aliphatic rings. The summed E-state index contributed by atoms with van der Waals surface area (Å²) in [5, 5.41) is 13.4. The van der Waals surface area contributed by atoms with Crippen molar-refractivity contribution in [1.29, 1.82) is 0 Å². The zero-order valence-electron chi connectivity index (χ0n) is 29.6. The Labute approximate surface area is 288 Å². The van der Waals surface area contributed by atoms with E-state index >= 15 is 0 Å². The van der Waals surface area contributed by atoms with Gasteiger partial charge < -0.3 is 9.52 Å². The van der Waals surface area contributed by atoms with Gasteiger partial charge in [-0.3, -0.25) is 4.57 Å². The van der Waals surface area contributed by atoms with Crippen molar-refractivity contribution in [3.8, 4) is 45.5 Å². The van der Waals surface area contributed by atoms with Crippen LogP contribution in [0, 0.1) is 0 Å². The Morgan fingerprint density at radius 3 is 2.08 bits per heavy atom. The van der Waals surface area contributed by atoms with Crippen LogP contribution in [0.5, 0.6) is 5.75 Å². The molecule has 7 aromatic rings. The maximum Gasteiger partial charge on any atom is 0.146 e. The van der Waals surface area contributed by atoms with Crippen molar-refractivity contribution in [1.82, 2.24) is 14.5 Å². The minimum absolute atomic E-state index is 0.215. The molecule has 5 nitrogen and oxygen atoms in total. The number of hydrogen-bond acceptors (Lipinski definition) is 4. The molecular weight excluding hydrogens is 603 g/mol. The number of imidazole rings is 1. The molecule has 0 bridgehead atoms. The van der Waals surface area contributed by atoms with E-state index in [1.165, 1.54) is 11.1 Å². The first kappa shape index (κ1) is 31.1. The molecule has 8 rings (SSSR count). The summed E-state index contributed by atoms with van der Waals surface area (Å²) in [4.78, 5) is 10.7. The number of aromatic nitrogens is 3. The molecule has 0 aliphatic heterocycles. The highest BCUT2D eigenvalue weighted by atomic mass is 16.3. The van der Waals surface area contributed by atoms with Crippen LogP contribution in [0.25, 0.3) is 61.7 Å². The monoisotopic (exact) mass is 645 g/mol. The molecule has 1 aliphatic carbocycles. The average molecular weight is 646 g/mol. The molecule has 246 valence electrons. The van der Waals surface area contributed by atoms with E-state index in [1.807, 2.05) is 30.3 Å². The van der Waals surface area contributed by atoms with Crippen LogP contribution in [0.15, 0.2) is 102 Å². The molecule has 49 heavy (non-hydrogen) atoms. The van der Waals surface area contributed by atoms with E-state index in [4.69, 9.17) is 14.4 Å². The number of nitrogens with zero attached hydrogens (tertiary/aromatic N) is 3. The van der Waals surface area contributed by atoms with Gasteiger partial charge in [0.1, 0.15) is 28.4 Å². The summed E-state index contributed by atoms with van der Waals surface area (Å²) in [6.45, 7) is 18.0. The number of furan rings is 1. The van der Waals surface area contributed by atoms with E-state index in [0.29, 0.717) is 11.8 Å². The second-order valence-electron chi connectivity index (χ2n) is 15.3. The van der Waals surface area contributed by atoms with Crippen LogP contribution in [-0.4, -0.2) is 19.6 Å². The quantitative estimate of drug-likeness (QED) is 0.202. The Morgan fingerprint density at radius 2 is 1.35 bits per heavy atom. The molecule has 3 heterocycles. The van der Waals surface area contributed by atoms with Crippen molar-refractivity contribution in [2.45, 2.75) is 78.1 Å². The van der Waals surface area contributed by atoms with Gasteiger partial charge in [0.15, 0.2) is 0 Å². The summed E-state index contributed by atoms with van der Waals surface area (Å²) in [6.07, 6.45) is 2.12. The number of rotatable bonds is 5. The molecule has 5 heteroatoms. The highest BCUT2D eigenvalue weighted by Crippen LogP contribution is 2.55. The Kier molecular flexibility index (Phi) is 6.94. The van der Waals surface area contributed by atoms with E-state index in [-0.39, 0.29) is 16.6 Å². The molecule has 0 unspecified atom stereocenters. The number of hydrogen-bond donors (Lipinski definition) is 1. The molecule has 0 saturated carbocycles. The fraction of sp³-hybridized carbons (Fsp3) is 0.273. The lowest BCUT2D eigenvalue weighted by Crippen LogP contribution is -2.43. The summed E-state index contributed by atoms with van der Waals surface area (Å²) >= 11 is 0. The predicted octanol–water partition coefficient (Wildman–Crippen LogP) is 11.7. The molecule has 0 radical (unpaired) electrons. The van der Waals surface area contributed by atoms with Crippen LogP contribution in [0.4, 0.5) is 0 Å². The zero-order valence-corrected chi connectivity index (χ0v) is 29.6. The molecule has 0 atom stereocenters. The molecule has 0 spiro atoms. The minimum Gasteiger partial charge on any atom is -0.507 e. The topological polar surface area (TPSA) is 64.1 Å². The molecule has 1 N–H and O–H groups in total. The summed E-state index contributed by atoms with van der Waals surface area (Å²) in [7, 11) is 0. The molecule has 4 aromatic carbocycles. The van der Waals surface area contributed by atoms with Gasteiger partial charge in [0.2, 0.25) is 0 Å². The maximum atomic E-state index is 11.3. The van der Waals surface area contributed by atoms with Crippen LogP contribution in [0.2, 0.25) is 0 Å². The molecular formula is C44H43N3O2. The Bertz CT molecular complexity index is 2400. The van der Waals surface area contributed by atoms with Crippen LogP contribution in [0.1, 0.15) is 89.5 Å². The van der Waals surface area contributed by atoms with Gasteiger partial charge in [0.05, 0.1) is 11.4 Å². The number of para-hydroxylation sites is 1. The maximum absolute atomic E-state index is 11.3. The van der Waals surface area contributed by atoms with Crippen molar-refractivity contribution < 1.29 is 9.52 Å². The second-order valence-corrected chi connectivity index (χ2v) is 15.3. The van der Waals surface area contributed by atoms with Crippen LogP contribution < -0.4 is 0 Å². The van der Waals surface area contributed by atoms with Crippen molar-refractivity contribution in [3.05, 3.63) is 119 Å². The Hall–Kier alpha value is -5.16. The normalized spacial score (nSPS) is 14.9. The second kappa shape index (κ2) is 10.9. The van der Waals surface area contributed by atoms with Gasteiger partial charge in [0, 0.05) is 39.2 Å². The number of pyridine rings is 1. The van der Waals surface area contributed by atoms with Gasteiger partial charge in [-0.15, -0.1) is 0 Å². The number of phenolic OH excluding ortho intramolecular Hbond substituents is 1. The molecule has 0 fully saturated rings. The summed E-state index contributed by atoms with van der Waals surface area (Å²) in [5.74, 6) is 1.82. The zero-order chi connectivity index (χ0) is 34.4. The first-order valence-corrected chi connectivity index (χ1v) is 17.4. The molecule has 3 aromatic heterocycles. The SMILES string of the molecule is CC(C)c1cc(C(C)C)cc(-n2cc(-c3ccc4c(n3)-c3c(O)cccc3C(C)(C)C4(C)C)nc2-c2cccc3oc4ccccc4c23)c1. The number of aromatic hydroxyl groups is 1. The van der Waals surface area contributed by atoms with E-state index in [0.717, 1.165) is 72.8 Å². The number of phenols is 1. The lowest BCUT2D eigenvalue weighted by molar-refractivity contribution is 0.296. The van der Waals surface area contributed by atoms with E-state index < -0.39 is 0 Å². The summed E-state index contributed by atoms with van der Waals surface area (Å²) < 4.78 is 8.55. The van der Waals surface area contributed by atoms with Crippen molar-refractivity contribution >= 4 is 21.9 Å². The van der Waals surface area contributed by atoms with Gasteiger partial charge in [-0.05, 0) is 75.9 Å². The first-order valence-electron chi connectivity index (χ1n) is 17.4. The van der Waals surface area contributed by atoms with Crippen molar-refractivity contribution in [2.75, 3.05) is 0 Å². The Balaban J connectivity index is 1.41. The third-order valence-corrected chi connectivity index (χ3v) is 11.3. The number of benzene rings is 4. The third-order valence-electron chi connectivity index (χ3n) is 11.3. The molecule has 0 amide bonds. The first-order chi connectivity index (χ1) is 23.4. The van der Waals surface area contributed by atoms with E-state index in [9.17, 15) is 5.11 Å². The van der Waals surface area contributed by atoms with Gasteiger partial charge in [-0.1, -0.05) is 110 Å². The van der Waals surface area contributed by atoms with Crippen LogP contribution in [-0.2, 0) is 10.8 Å². The van der Waals surface area contributed by atoms with E-state index in [1.54, 1.807) is 6.07 Å². The summed E-state index contributed by atoms with van der Waals surface area (Å²) in [5.41, 5.74) is 11.3. The third kappa shape index (κ3) is 4.66. The summed E-state index contributed by atoms with van der Waals surface area (Å²) in [6, 6.07) is 31.4. The molecule has 0 saturated heterocycles. The van der Waals surface area contributed by atoms with Gasteiger partial charge in [-0.25, -0.2) is 9.97 Å².